The fourth-order valence-corrected chi connectivity index (χ4v) is 4.46. The Morgan fingerprint density at radius 3 is 2.47 bits per heavy atom. The normalized spacial score (nSPS) is 20.1. The fraction of sp³-hybridized carbons (Fsp3) is 0.348. The molecule has 2 aliphatic rings. The maximum atomic E-state index is 11.6. The number of likely N-dealkylation sites (tertiary alicyclic amines) is 1. The molecule has 3 aromatic rings. The van der Waals surface area contributed by atoms with Crippen molar-refractivity contribution in [3.05, 3.63) is 59.8 Å². The lowest BCUT2D eigenvalue weighted by Gasteiger charge is -2.17. The van der Waals surface area contributed by atoms with Crippen LogP contribution in [0.1, 0.15) is 22.3 Å². The zero-order chi connectivity index (χ0) is 24.5. The van der Waals surface area contributed by atoms with E-state index in [1.165, 1.54) is 25.1 Å². The lowest BCUT2D eigenvalue weighted by molar-refractivity contribution is -0.192. The highest BCUT2D eigenvalue weighted by molar-refractivity contribution is 6.04. The second-order valence-corrected chi connectivity index (χ2v) is 8.45. The number of primary amides is 1. The number of hydrogen-bond donors (Lipinski definition) is 3. The Morgan fingerprint density at radius 1 is 1.15 bits per heavy atom. The Hall–Kier alpha value is -3.44. The number of hydrogen-bond acceptors (Lipinski definition) is 5. The zero-order valence-corrected chi connectivity index (χ0v) is 18.1. The Morgan fingerprint density at radius 2 is 1.85 bits per heavy atom. The molecule has 0 saturated carbocycles. The third kappa shape index (κ3) is 5.20. The number of rotatable bonds is 4. The molecule has 0 aliphatic carbocycles. The van der Waals surface area contributed by atoms with E-state index in [0.717, 1.165) is 30.1 Å². The minimum absolute atomic E-state index is 0.453. The topological polar surface area (TPSA) is 113 Å². The second kappa shape index (κ2) is 9.43. The summed E-state index contributed by atoms with van der Waals surface area (Å²) in [6.45, 7) is 4.50. The molecule has 8 nitrogen and oxygen atoms in total. The van der Waals surface area contributed by atoms with Gasteiger partial charge in [0.05, 0.1) is 11.3 Å². The van der Waals surface area contributed by atoms with E-state index in [9.17, 15) is 18.0 Å². The molecule has 2 aromatic carbocycles. The van der Waals surface area contributed by atoms with Crippen molar-refractivity contribution in [3.8, 4) is 5.69 Å². The largest absolute Gasteiger partial charge is 0.490 e. The van der Waals surface area contributed by atoms with Crippen molar-refractivity contribution < 1.29 is 27.9 Å². The van der Waals surface area contributed by atoms with E-state index in [1.807, 2.05) is 23.0 Å². The van der Waals surface area contributed by atoms with Crippen LogP contribution in [0.25, 0.3) is 16.6 Å². The van der Waals surface area contributed by atoms with Crippen LogP contribution in [0.5, 0.6) is 0 Å². The first kappa shape index (κ1) is 23.7. The van der Waals surface area contributed by atoms with Gasteiger partial charge in [-0.2, -0.15) is 18.3 Å². The van der Waals surface area contributed by atoms with Crippen LogP contribution in [0, 0.1) is 5.92 Å². The minimum atomic E-state index is -5.08. The first-order valence-electron chi connectivity index (χ1n) is 10.7. The van der Waals surface area contributed by atoms with Crippen LogP contribution < -0.4 is 11.1 Å². The summed E-state index contributed by atoms with van der Waals surface area (Å²) in [7, 11) is 0. The zero-order valence-electron chi connectivity index (χ0n) is 18.1. The first-order chi connectivity index (χ1) is 16.1. The summed E-state index contributed by atoms with van der Waals surface area (Å²) in [5, 5.41) is 16.2. The minimum Gasteiger partial charge on any atom is -0.475 e. The number of nitrogens with zero attached hydrogens (tertiary/aromatic N) is 3. The SMILES string of the molecule is NC(=O)c1cccc2cn(-c3ccc(CN4CC5CCNC5C4)cc3)nc12.O=C(O)C(F)(F)F. The van der Waals surface area contributed by atoms with Gasteiger partial charge in [-0.15, -0.1) is 0 Å². The molecule has 0 bridgehead atoms. The number of halogens is 3. The molecule has 0 spiro atoms. The monoisotopic (exact) mass is 475 g/mol. The number of carbonyl (C=O) groups is 2. The molecule has 4 N–H and O–H groups in total. The van der Waals surface area contributed by atoms with Crippen LogP contribution in [0.4, 0.5) is 13.2 Å². The molecule has 0 radical (unpaired) electrons. The van der Waals surface area contributed by atoms with Gasteiger partial charge >= 0.3 is 12.1 Å². The molecule has 2 fully saturated rings. The fourth-order valence-electron chi connectivity index (χ4n) is 4.46. The van der Waals surface area contributed by atoms with E-state index in [2.05, 4.69) is 39.6 Å². The highest BCUT2D eigenvalue weighted by atomic mass is 19.4. The van der Waals surface area contributed by atoms with E-state index >= 15 is 0 Å². The van der Waals surface area contributed by atoms with Crippen LogP contribution in [0.2, 0.25) is 0 Å². The molecule has 34 heavy (non-hydrogen) atoms. The van der Waals surface area contributed by atoms with Crippen molar-refractivity contribution in [2.75, 3.05) is 19.6 Å². The van der Waals surface area contributed by atoms with Crippen molar-refractivity contribution in [1.29, 1.82) is 0 Å². The van der Waals surface area contributed by atoms with E-state index in [0.29, 0.717) is 17.1 Å². The summed E-state index contributed by atoms with van der Waals surface area (Å²) in [6.07, 6.45) is -1.84. The number of amides is 1. The number of benzene rings is 2. The third-order valence-electron chi connectivity index (χ3n) is 6.09. The van der Waals surface area contributed by atoms with Gasteiger partial charge in [-0.25, -0.2) is 9.48 Å². The molecule has 5 rings (SSSR count). The average Bonchev–Trinajstić information content (AvgIpc) is 3.48. The van der Waals surface area contributed by atoms with Gasteiger partial charge in [-0.05, 0) is 42.6 Å². The number of nitrogens with two attached hydrogens (primary N) is 1. The van der Waals surface area contributed by atoms with Crippen molar-refractivity contribution in [3.63, 3.8) is 0 Å². The Kier molecular flexibility index (Phi) is 6.58. The highest BCUT2D eigenvalue weighted by Crippen LogP contribution is 2.26. The van der Waals surface area contributed by atoms with E-state index in [1.54, 1.807) is 6.07 Å². The van der Waals surface area contributed by atoms with Gasteiger partial charge in [-0.1, -0.05) is 24.3 Å². The van der Waals surface area contributed by atoms with E-state index in [-0.39, 0.29) is 0 Å². The highest BCUT2D eigenvalue weighted by Gasteiger charge is 2.38. The molecule has 11 heteroatoms. The van der Waals surface area contributed by atoms with Gasteiger partial charge in [0, 0.05) is 37.3 Å². The summed E-state index contributed by atoms with van der Waals surface area (Å²) in [5.41, 5.74) is 8.85. The number of aromatic nitrogens is 2. The third-order valence-corrected chi connectivity index (χ3v) is 6.09. The van der Waals surface area contributed by atoms with Crippen LogP contribution in [-0.2, 0) is 11.3 Å². The number of carbonyl (C=O) groups excluding carboxylic acids is 1. The van der Waals surface area contributed by atoms with Crippen LogP contribution in [0.3, 0.4) is 0 Å². The predicted octanol–water partition coefficient (Wildman–Crippen LogP) is 2.55. The van der Waals surface area contributed by atoms with Gasteiger partial charge in [0.2, 0.25) is 0 Å². The van der Waals surface area contributed by atoms with Gasteiger partial charge in [0.25, 0.3) is 5.91 Å². The van der Waals surface area contributed by atoms with Crippen molar-refractivity contribution in [2.45, 2.75) is 25.2 Å². The Balaban J connectivity index is 0.000000344. The molecule has 1 amide bonds. The summed E-state index contributed by atoms with van der Waals surface area (Å²) in [5.74, 6) is -2.39. The molecule has 2 atom stereocenters. The quantitative estimate of drug-likeness (QED) is 0.535. The van der Waals surface area contributed by atoms with Gasteiger partial charge < -0.3 is 16.2 Å². The number of aliphatic carboxylic acids is 1. The number of fused-ring (bicyclic) bond motifs is 2. The lowest BCUT2D eigenvalue weighted by Crippen LogP contribution is -2.29. The van der Waals surface area contributed by atoms with Crippen molar-refractivity contribution >= 4 is 22.8 Å². The molecule has 180 valence electrons. The lowest BCUT2D eigenvalue weighted by atomic mass is 10.1. The number of alkyl halides is 3. The van der Waals surface area contributed by atoms with E-state index < -0.39 is 18.1 Å². The molecule has 1 aromatic heterocycles. The molecule has 2 unspecified atom stereocenters. The molecule has 3 heterocycles. The maximum Gasteiger partial charge on any atom is 0.490 e. The summed E-state index contributed by atoms with van der Waals surface area (Å²) in [4.78, 5) is 23.0. The van der Waals surface area contributed by atoms with Gasteiger partial charge in [0.15, 0.2) is 0 Å². The summed E-state index contributed by atoms with van der Waals surface area (Å²) < 4.78 is 33.5. The molecule has 2 saturated heterocycles. The Labute approximate surface area is 193 Å². The second-order valence-electron chi connectivity index (χ2n) is 8.45. The standard InChI is InChI=1S/C21H23N5O.C2HF3O2/c22-21(27)18-3-1-2-16-12-26(24-20(16)18)17-6-4-14(5-7-17)10-25-11-15-8-9-23-19(15)13-25;3-2(4,5)1(6)7/h1-7,12,15,19,23H,8-11,13H2,(H2,22,27);(H,6,7). The van der Waals surface area contributed by atoms with Crippen LogP contribution in [-0.4, -0.2) is 63.5 Å². The van der Waals surface area contributed by atoms with Crippen LogP contribution >= 0.6 is 0 Å². The van der Waals surface area contributed by atoms with Gasteiger partial charge in [0.1, 0.15) is 5.52 Å². The number of nitrogens with one attached hydrogen (secondary N) is 1. The predicted molar refractivity (Wildman–Crippen MR) is 118 cm³/mol. The Bertz CT molecular complexity index is 1180. The van der Waals surface area contributed by atoms with Crippen LogP contribution in [0.15, 0.2) is 48.7 Å². The maximum absolute atomic E-state index is 11.6. The molecular formula is C23H24F3N5O3. The smallest absolute Gasteiger partial charge is 0.475 e. The van der Waals surface area contributed by atoms with Gasteiger partial charge in [-0.3, -0.25) is 9.69 Å². The number of carboxylic acid groups (broad SMARTS) is 1. The first-order valence-corrected chi connectivity index (χ1v) is 10.7. The molecular weight excluding hydrogens is 451 g/mol. The average molecular weight is 475 g/mol. The van der Waals surface area contributed by atoms with Crippen molar-refractivity contribution in [2.24, 2.45) is 11.7 Å². The van der Waals surface area contributed by atoms with Crippen molar-refractivity contribution in [1.82, 2.24) is 20.0 Å². The summed E-state index contributed by atoms with van der Waals surface area (Å²) >= 11 is 0. The number of carboxylic acids is 1. The van der Waals surface area contributed by atoms with E-state index in [4.69, 9.17) is 15.6 Å². The molecule has 2 aliphatic heterocycles. The summed E-state index contributed by atoms with van der Waals surface area (Å²) in [6, 6.07) is 14.7.